The summed E-state index contributed by atoms with van der Waals surface area (Å²) in [6.45, 7) is 7.12. The van der Waals surface area contributed by atoms with E-state index in [0.717, 1.165) is 10.9 Å². The number of nitrogens with one attached hydrogen (secondary N) is 1. The molecule has 1 aliphatic carbocycles. The fraction of sp³-hybridized carbons (Fsp3) is 0.647. The van der Waals surface area contributed by atoms with Gasteiger partial charge in [0.2, 0.25) is 0 Å². The molecule has 0 aliphatic heterocycles. The van der Waals surface area contributed by atoms with E-state index in [1.807, 2.05) is 12.1 Å². The summed E-state index contributed by atoms with van der Waals surface area (Å²) in [7, 11) is 2.10. The first-order chi connectivity index (χ1) is 8.95. The van der Waals surface area contributed by atoms with Gasteiger partial charge >= 0.3 is 0 Å². The van der Waals surface area contributed by atoms with Crippen LogP contribution in [0.15, 0.2) is 24.3 Å². The molecule has 3 unspecified atom stereocenters. The third-order valence-electron chi connectivity index (χ3n) is 5.00. The third kappa shape index (κ3) is 3.14. The lowest BCUT2D eigenvalue weighted by Gasteiger charge is -2.44. The van der Waals surface area contributed by atoms with Crippen molar-refractivity contribution in [1.29, 1.82) is 0 Å². The second kappa shape index (κ2) is 5.85. The predicted molar refractivity (Wildman–Crippen MR) is 83.8 cm³/mol. The summed E-state index contributed by atoms with van der Waals surface area (Å²) >= 11 is 6.01. The minimum absolute atomic E-state index is 0.193. The molecule has 1 nitrogen and oxygen atoms in total. The zero-order valence-electron chi connectivity index (χ0n) is 12.5. The van der Waals surface area contributed by atoms with Crippen LogP contribution in [0.25, 0.3) is 0 Å². The van der Waals surface area contributed by atoms with Crippen molar-refractivity contribution in [3.63, 3.8) is 0 Å². The highest BCUT2D eigenvalue weighted by Gasteiger charge is 2.39. The van der Waals surface area contributed by atoms with Crippen LogP contribution in [0.2, 0.25) is 5.02 Å². The Morgan fingerprint density at radius 3 is 2.37 bits per heavy atom. The molecule has 1 aromatic rings. The van der Waals surface area contributed by atoms with Gasteiger partial charge in [0.05, 0.1) is 0 Å². The summed E-state index contributed by atoms with van der Waals surface area (Å²) in [6.07, 6.45) is 3.94. The van der Waals surface area contributed by atoms with Gasteiger partial charge in [-0.3, -0.25) is 0 Å². The molecule has 3 atom stereocenters. The van der Waals surface area contributed by atoms with Gasteiger partial charge in [0, 0.05) is 11.1 Å². The third-order valence-corrected chi connectivity index (χ3v) is 5.25. The topological polar surface area (TPSA) is 12.0 Å². The van der Waals surface area contributed by atoms with Gasteiger partial charge in [-0.2, -0.15) is 0 Å². The molecule has 106 valence electrons. The van der Waals surface area contributed by atoms with Crippen molar-refractivity contribution in [2.75, 3.05) is 7.05 Å². The Morgan fingerprint density at radius 1 is 1.16 bits per heavy atom. The van der Waals surface area contributed by atoms with Crippen LogP contribution in [0.5, 0.6) is 0 Å². The van der Waals surface area contributed by atoms with Gasteiger partial charge in [-0.15, -0.1) is 0 Å². The molecule has 0 radical (unpaired) electrons. The molecule has 1 N–H and O–H groups in total. The van der Waals surface area contributed by atoms with Gasteiger partial charge in [0.15, 0.2) is 0 Å². The van der Waals surface area contributed by atoms with E-state index in [4.69, 9.17) is 11.6 Å². The Balaban J connectivity index is 2.24. The Bertz CT molecular complexity index is 410. The average Bonchev–Trinajstić information content (AvgIpc) is 2.38. The molecule has 1 saturated carbocycles. The second-order valence-corrected chi connectivity index (χ2v) is 7.08. The van der Waals surface area contributed by atoms with Crippen LogP contribution in [0.3, 0.4) is 0 Å². The molecule has 2 heteroatoms. The highest BCUT2D eigenvalue weighted by Crippen LogP contribution is 2.42. The van der Waals surface area contributed by atoms with Crippen molar-refractivity contribution in [2.24, 2.45) is 11.8 Å². The van der Waals surface area contributed by atoms with E-state index in [9.17, 15) is 0 Å². The lowest BCUT2D eigenvalue weighted by Crippen LogP contribution is -2.47. The maximum absolute atomic E-state index is 6.01. The van der Waals surface area contributed by atoms with E-state index in [1.165, 1.54) is 24.8 Å². The zero-order valence-corrected chi connectivity index (χ0v) is 13.3. The van der Waals surface area contributed by atoms with Crippen molar-refractivity contribution in [1.82, 2.24) is 5.32 Å². The molecule has 19 heavy (non-hydrogen) atoms. The first-order valence-electron chi connectivity index (χ1n) is 7.38. The summed E-state index contributed by atoms with van der Waals surface area (Å²) < 4.78 is 0. The Kier molecular flexibility index (Phi) is 4.58. The molecule has 0 spiro atoms. The maximum Gasteiger partial charge on any atom is 0.0406 e. The predicted octanol–water partition coefficient (Wildman–Crippen LogP) is 4.64. The fourth-order valence-electron chi connectivity index (χ4n) is 3.66. The number of hydrogen-bond donors (Lipinski definition) is 1. The molecular weight excluding hydrogens is 254 g/mol. The highest BCUT2D eigenvalue weighted by molar-refractivity contribution is 6.30. The Hall–Kier alpha value is -0.530. The van der Waals surface area contributed by atoms with Crippen LogP contribution in [0, 0.1) is 11.8 Å². The summed E-state index contributed by atoms with van der Waals surface area (Å²) in [6, 6.07) is 9.02. The zero-order chi connectivity index (χ0) is 14.0. The maximum atomic E-state index is 6.01. The van der Waals surface area contributed by atoms with Gasteiger partial charge in [-0.1, -0.05) is 50.9 Å². The summed E-state index contributed by atoms with van der Waals surface area (Å²) in [5.41, 5.74) is 1.59. The summed E-state index contributed by atoms with van der Waals surface area (Å²) in [5.74, 6) is 1.53. The van der Waals surface area contributed by atoms with Gasteiger partial charge < -0.3 is 5.32 Å². The van der Waals surface area contributed by atoms with Crippen LogP contribution < -0.4 is 5.32 Å². The first-order valence-corrected chi connectivity index (χ1v) is 7.76. The fourth-order valence-corrected chi connectivity index (χ4v) is 3.78. The van der Waals surface area contributed by atoms with E-state index >= 15 is 0 Å². The SMILES string of the molecule is CNC1CC(C)CCC1C(C)(C)c1ccc(Cl)cc1. The quantitative estimate of drug-likeness (QED) is 0.850. The molecule has 2 rings (SSSR count). The van der Waals surface area contributed by atoms with E-state index < -0.39 is 0 Å². The normalized spacial score (nSPS) is 28.4. The van der Waals surface area contributed by atoms with Gasteiger partial charge in [0.1, 0.15) is 0 Å². The van der Waals surface area contributed by atoms with Crippen LogP contribution in [0.4, 0.5) is 0 Å². The van der Waals surface area contributed by atoms with Crippen molar-refractivity contribution < 1.29 is 0 Å². The van der Waals surface area contributed by atoms with Crippen molar-refractivity contribution in [3.8, 4) is 0 Å². The smallest absolute Gasteiger partial charge is 0.0406 e. The van der Waals surface area contributed by atoms with Gasteiger partial charge in [-0.05, 0) is 54.8 Å². The van der Waals surface area contributed by atoms with Gasteiger partial charge in [0.25, 0.3) is 0 Å². The highest BCUT2D eigenvalue weighted by atomic mass is 35.5. The lowest BCUT2D eigenvalue weighted by molar-refractivity contribution is 0.151. The minimum Gasteiger partial charge on any atom is -0.317 e. The molecule has 1 aromatic carbocycles. The van der Waals surface area contributed by atoms with Crippen LogP contribution >= 0.6 is 11.6 Å². The van der Waals surface area contributed by atoms with E-state index in [2.05, 4.69) is 45.3 Å². The average molecular weight is 280 g/mol. The number of rotatable bonds is 3. The van der Waals surface area contributed by atoms with Crippen LogP contribution in [-0.2, 0) is 5.41 Å². The summed E-state index contributed by atoms with van der Waals surface area (Å²) in [5, 5.41) is 4.37. The first kappa shape index (κ1) is 14.9. The van der Waals surface area contributed by atoms with Crippen LogP contribution in [-0.4, -0.2) is 13.1 Å². The molecular formula is C17H26ClN. The second-order valence-electron chi connectivity index (χ2n) is 6.65. The van der Waals surface area contributed by atoms with Crippen molar-refractivity contribution in [2.45, 2.75) is 51.5 Å². The number of halogens is 1. The van der Waals surface area contributed by atoms with E-state index in [-0.39, 0.29) is 5.41 Å². The molecule has 0 aromatic heterocycles. The lowest BCUT2D eigenvalue weighted by atomic mass is 9.63. The number of benzene rings is 1. The number of hydrogen-bond acceptors (Lipinski definition) is 1. The van der Waals surface area contributed by atoms with E-state index in [0.29, 0.717) is 12.0 Å². The Labute approximate surface area is 122 Å². The Morgan fingerprint density at radius 2 is 1.79 bits per heavy atom. The molecule has 1 aliphatic rings. The molecule has 0 bridgehead atoms. The summed E-state index contributed by atoms with van der Waals surface area (Å²) in [4.78, 5) is 0. The standard InChI is InChI=1S/C17H26ClN/c1-12-5-10-15(16(11-12)19-4)17(2,3)13-6-8-14(18)9-7-13/h6-9,12,15-16,19H,5,10-11H2,1-4H3. The van der Waals surface area contributed by atoms with Crippen molar-refractivity contribution >= 4 is 11.6 Å². The van der Waals surface area contributed by atoms with Gasteiger partial charge in [-0.25, -0.2) is 0 Å². The van der Waals surface area contributed by atoms with E-state index in [1.54, 1.807) is 0 Å². The largest absolute Gasteiger partial charge is 0.317 e. The van der Waals surface area contributed by atoms with Crippen molar-refractivity contribution in [3.05, 3.63) is 34.9 Å². The monoisotopic (exact) mass is 279 g/mol. The molecule has 0 heterocycles. The molecule has 1 fully saturated rings. The molecule has 0 amide bonds. The molecule has 0 saturated heterocycles. The van der Waals surface area contributed by atoms with Crippen LogP contribution in [0.1, 0.15) is 45.6 Å². The minimum atomic E-state index is 0.193.